The lowest BCUT2D eigenvalue weighted by atomic mass is 9.89. The fourth-order valence-corrected chi connectivity index (χ4v) is 3.05. The number of nitrogens with one attached hydrogen (secondary N) is 1. The maximum atomic E-state index is 9.09. The van der Waals surface area contributed by atoms with Crippen LogP contribution in [0.2, 0.25) is 0 Å². The Bertz CT molecular complexity index is 510. The molecule has 0 spiro atoms. The lowest BCUT2D eigenvalue weighted by molar-refractivity contribution is 0.168. The monoisotopic (exact) mass is 315 g/mol. The van der Waals surface area contributed by atoms with Gasteiger partial charge in [0.25, 0.3) is 0 Å². The number of hydrogen-bond donors (Lipinski definition) is 2. The van der Waals surface area contributed by atoms with E-state index in [-0.39, 0.29) is 12.0 Å². The van der Waals surface area contributed by atoms with Crippen LogP contribution in [0.15, 0.2) is 24.3 Å². The Kier molecular flexibility index (Phi) is 6.59. The first-order chi connectivity index (χ1) is 11.0. The Morgan fingerprint density at radius 1 is 1.26 bits per heavy atom. The highest BCUT2D eigenvalue weighted by Crippen LogP contribution is 2.20. The van der Waals surface area contributed by atoms with Gasteiger partial charge in [0.1, 0.15) is 0 Å². The van der Waals surface area contributed by atoms with Gasteiger partial charge in [0.05, 0.1) is 11.6 Å². The lowest BCUT2D eigenvalue weighted by Crippen LogP contribution is -2.45. The van der Waals surface area contributed by atoms with Crippen LogP contribution >= 0.6 is 0 Å². The first-order valence-electron chi connectivity index (χ1n) is 8.58. The number of nitrogens with zero attached hydrogens (tertiary/aromatic N) is 2. The van der Waals surface area contributed by atoms with E-state index in [0.717, 1.165) is 38.2 Å². The number of nitriles is 1. The second-order valence-electron chi connectivity index (χ2n) is 7.38. The molecule has 4 nitrogen and oxygen atoms in total. The minimum Gasteiger partial charge on any atom is -0.396 e. The summed E-state index contributed by atoms with van der Waals surface area (Å²) in [5.41, 5.74) is 2.16. The van der Waals surface area contributed by atoms with E-state index in [1.807, 2.05) is 12.1 Å². The third-order valence-electron chi connectivity index (χ3n) is 4.73. The van der Waals surface area contributed by atoms with Crippen molar-refractivity contribution in [3.8, 4) is 6.07 Å². The second-order valence-corrected chi connectivity index (χ2v) is 7.38. The molecule has 1 saturated heterocycles. The number of piperidine rings is 1. The van der Waals surface area contributed by atoms with Crippen LogP contribution in [0.25, 0.3) is 0 Å². The predicted molar refractivity (Wildman–Crippen MR) is 92.9 cm³/mol. The highest BCUT2D eigenvalue weighted by molar-refractivity contribution is 5.31. The van der Waals surface area contributed by atoms with Crippen LogP contribution in [0.3, 0.4) is 0 Å². The molecule has 126 valence electrons. The highest BCUT2D eigenvalue weighted by Gasteiger charge is 2.22. The van der Waals surface area contributed by atoms with Gasteiger partial charge < -0.3 is 10.4 Å². The van der Waals surface area contributed by atoms with Crippen LogP contribution in [0.4, 0.5) is 0 Å². The molecule has 0 amide bonds. The number of rotatable bonds is 7. The van der Waals surface area contributed by atoms with Gasteiger partial charge in [-0.05, 0) is 55.5 Å². The molecule has 1 fully saturated rings. The van der Waals surface area contributed by atoms with Gasteiger partial charge in [-0.1, -0.05) is 26.0 Å². The van der Waals surface area contributed by atoms with E-state index >= 15 is 0 Å². The van der Waals surface area contributed by atoms with E-state index < -0.39 is 0 Å². The molecule has 0 aromatic heterocycles. The summed E-state index contributed by atoms with van der Waals surface area (Å²) in [6, 6.07) is 10.7. The Hall–Kier alpha value is -1.41. The normalized spacial score (nSPS) is 17.1. The van der Waals surface area contributed by atoms with E-state index in [1.54, 1.807) is 0 Å². The average molecular weight is 315 g/mol. The van der Waals surface area contributed by atoms with Crippen LogP contribution in [0.1, 0.15) is 44.2 Å². The minimum absolute atomic E-state index is 0.161. The molecule has 1 heterocycles. The summed E-state index contributed by atoms with van der Waals surface area (Å²) in [4.78, 5) is 2.48. The van der Waals surface area contributed by atoms with Crippen molar-refractivity contribution in [2.24, 2.45) is 5.41 Å². The van der Waals surface area contributed by atoms with Crippen molar-refractivity contribution in [2.45, 2.75) is 45.7 Å². The molecular formula is C19H29N3O. The number of benzene rings is 1. The molecule has 1 aliphatic rings. The van der Waals surface area contributed by atoms with Crippen LogP contribution < -0.4 is 5.32 Å². The molecule has 0 saturated carbocycles. The molecule has 0 unspecified atom stereocenters. The summed E-state index contributed by atoms with van der Waals surface area (Å²) in [6.07, 6.45) is 3.19. The zero-order valence-electron chi connectivity index (χ0n) is 14.4. The number of hydrogen-bond acceptors (Lipinski definition) is 4. The molecule has 1 aliphatic heterocycles. The zero-order chi connectivity index (χ0) is 16.7. The summed E-state index contributed by atoms with van der Waals surface area (Å²) < 4.78 is 0. The van der Waals surface area contributed by atoms with E-state index in [2.05, 4.69) is 42.3 Å². The van der Waals surface area contributed by atoms with Crippen molar-refractivity contribution in [2.75, 3.05) is 26.2 Å². The van der Waals surface area contributed by atoms with Gasteiger partial charge >= 0.3 is 0 Å². The van der Waals surface area contributed by atoms with Gasteiger partial charge in [-0.3, -0.25) is 4.90 Å². The topological polar surface area (TPSA) is 59.3 Å². The highest BCUT2D eigenvalue weighted by atomic mass is 16.3. The standard InChI is InChI=1S/C19H29N3O/c1-19(2,9-12-23)15-21-18-7-10-22(11-8-18)14-17-5-3-16(13-20)4-6-17/h3-6,18,21,23H,7-12,14-15H2,1-2H3. The van der Waals surface area contributed by atoms with Gasteiger partial charge in [-0.25, -0.2) is 0 Å². The fourth-order valence-electron chi connectivity index (χ4n) is 3.05. The number of aliphatic hydroxyl groups is 1. The Balaban J connectivity index is 1.72. The first-order valence-corrected chi connectivity index (χ1v) is 8.58. The summed E-state index contributed by atoms with van der Waals surface area (Å²) in [5.74, 6) is 0. The van der Waals surface area contributed by atoms with Crippen molar-refractivity contribution in [3.05, 3.63) is 35.4 Å². The predicted octanol–water partition coefficient (Wildman–Crippen LogP) is 2.52. The maximum absolute atomic E-state index is 9.09. The fraction of sp³-hybridized carbons (Fsp3) is 0.632. The van der Waals surface area contributed by atoms with E-state index in [9.17, 15) is 0 Å². The van der Waals surface area contributed by atoms with Gasteiger partial charge in [0.15, 0.2) is 0 Å². The van der Waals surface area contributed by atoms with Gasteiger partial charge in [0.2, 0.25) is 0 Å². The Labute approximate surface area is 140 Å². The minimum atomic E-state index is 0.161. The van der Waals surface area contributed by atoms with Crippen molar-refractivity contribution < 1.29 is 5.11 Å². The molecule has 0 radical (unpaired) electrons. The number of aliphatic hydroxyl groups excluding tert-OH is 1. The summed E-state index contributed by atoms with van der Waals surface area (Å²) in [5, 5.41) is 21.6. The Morgan fingerprint density at radius 3 is 2.48 bits per heavy atom. The van der Waals surface area contributed by atoms with E-state index in [4.69, 9.17) is 10.4 Å². The number of likely N-dealkylation sites (tertiary alicyclic amines) is 1. The summed E-state index contributed by atoms with van der Waals surface area (Å²) >= 11 is 0. The molecule has 4 heteroatoms. The second kappa shape index (κ2) is 8.44. The van der Waals surface area contributed by atoms with Gasteiger partial charge in [-0.15, -0.1) is 0 Å². The molecule has 0 atom stereocenters. The first kappa shape index (κ1) is 17.9. The SMILES string of the molecule is CC(C)(CCO)CNC1CCN(Cc2ccc(C#N)cc2)CC1. The quantitative estimate of drug-likeness (QED) is 0.812. The zero-order valence-corrected chi connectivity index (χ0v) is 14.4. The van der Waals surface area contributed by atoms with Gasteiger partial charge in [0, 0.05) is 25.7 Å². The van der Waals surface area contributed by atoms with Crippen molar-refractivity contribution in [1.29, 1.82) is 5.26 Å². The summed E-state index contributed by atoms with van der Waals surface area (Å²) in [7, 11) is 0. The molecule has 0 aliphatic carbocycles. The molecule has 2 rings (SSSR count). The molecular weight excluding hydrogens is 286 g/mol. The average Bonchev–Trinajstić information content (AvgIpc) is 2.55. The van der Waals surface area contributed by atoms with Crippen LogP contribution in [0, 0.1) is 16.7 Å². The van der Waals surface area contributed by atoms with Crippen LogP contribution in [0.5, 0.6) is 0 Å². The summed E-state index contributed by atoms with van der Waals surface area (Å²) in [6.45, 7) is 8.82. The molecule has 2 N–H and O–H groups in total. The molecule has 23 heavy (non-hydrogen) atoms. The van der Waals surface area contributed by atoms with Crippen LogP contribution in [-0.4, -0.2) is 42.3 Å². The Morgan fingerprint density at radius 2 is 1.91 bits per heavy atom. The third kappa shape index (κ3) is 5.95. The van der Waals surface area contributed by atoms with E-state index in [1.165, 1.54) is 18.4 Å². The maximum Gasteiger partial charge on any atom is 0.0991 e. The van der Waals surface area contributed by atoms with E-state index in [0.29, 0.717) is 6.04 Å². The van der Waals surface area contributed by atoms with Crippen molar-refractivity contribution in [1.82, 2.24) is 10.2 Å². The smallest absolute Gasteiger partial charge is 0.0991 e. The van der Waals surface area contributed by atoms with Gasteiger partial charge in [-0.2, -0.15) is 5.26 Å². The lowest BCUT2D eigenvalue weighted by Gasteiger charge is -2.34. The van der Waals surface area contributed by atoms with Crippen molar-refractivity contribution in [3.63, 3.8) is 0 Å². The molecule has 1 aromatic carbocycles. The van der Waals surface area contributed by atoms with Crippen LogP contribution in [-0.2, 0) is 6.54 Å². The van der Waals surface area contributed by atoms with Crippen molar-refractivity contribution >= 4 is 0 Å². The molecule has 1 aromatic rings. The third-order valence-corrected chi connectivity index (χ3v) is 4.73. The largest absolute Gasteiger partial charge is 0.396 e. The molecule has 0 bridgehead atoms.